The number of fused-ring (bicyclic) bond motifs is 1. The average molecular weight is 458 g/mol. The number of aromatic nitrogens is 5. The summed E-state index contributed by atoms with van der Waals surface area (Å²) in [6.07, 6.45) is 1.73. The monoisotopic (exact) mass is 458 g/mol. The number of nitrogens with one attached hydrogen (secondary N) is 1. The molecule has 170 valence electrons. The first-order chi connectivity index (χ1) is 16.5. The van der Waals surface area contributed by atoms with Gasteiger partial charge in [0.05, 0.1) is 24.0 Å². The first kappa shape index (κ1) is 21.4. The zero-order valence-electron chi connectivity index (χ0n) is 18.2. The zero-order valence-corrected chi connectivity index (χ0v) is 18.2. The number of imidazole rings is 1. The molecule has 34 heavy (non-hydrogen) atoms. The van der Waals surface area contributed by atoms with Crippen LogP contribution < -0.4 is 4.90 Å². The van der Waals surface area contributed by atoms with Crippen LogP contribution in [0.3, 0.4) is 0 Å². The number of halogens is 2. The van der Waals surface area contributed by atoms with Crippen LogP contribution in [0, 0.1) is 18.6 Å². The normalized spacial score (nSPS) is 11.1. The molecule has 0 saturated heterocycles. The summed E-state index contributed by atoms with van der Waals surface area (Å²) < 4.78 is 29.2. The predicted octanol–water partition coefficient (Wildman–Crippen LogP) is 4.64. The molecule has 5 aromatic rings. The number of aryl methyl sites for hydroxylation is 1. The van der Waals surface area contributed by atoms with Crippen LogP contribution in [0.15, 0.2) is 72.9 Å². The van der Waals surface area contributed by atoms with Crippen molar-refractivity contribution in [3.8, 4) is 11.3 Å². The molecule has 0 spiro atoms. The molecule has 2 aromatic heterocycles. The Bertz CT molecular complexity index is 1450. The lowest BCUT2D eigenvalue weighted by Crippen LogP contribution is -2.33. The van der Waals surface area contributed by atoms with E-state index in [-0.39, 0.29) is 19.0 Å². The Hall–Kier alpha value is -4.40. The fraction of sp³-hybridized carbons (Fsp3) is 0.120. The summed E-state index contributed by atoms with van der Waals surface area (Å²) in [5, 5.41) is 8.18. The van der Waals surface area contributed by atoms with Crippen molar-refractivity contribution in [3.05, 3.63) is 95.9 Å². The summed E-state index contributed by atoms with van der Waals surface area (Å²) in [5.41, 5.74) is 4.06. The molecular formula is C25H20F2N6O. The van der Waals surface area contributed by atoms with Gasteiger partial charge in [-0.05, 0) is 54.4 Å². The Labute approximate surface area is 193 Å². The van der Waals surface area contributed by atoms with Crippen LogP contribution in [0.5, 0.6) is 0 Å². The molecule has 0 aliphatic rings. The SMILES string of the molecule is Cc1ncc(-c2ccc(N(Cc3cc(F)cc(F)c3)C(=O)Cn3nnc4ccccc43)cc2)[nH]1. The molecular weight excluding hydrogens is 438 g/mol. The smallest absolute Gasteiger partial charge is 0.249 e. The molecule has 3 aromatic carbocycles. The molecule has 0 aliphatic heterocycles. The van der Waals surface area contributed by atoms with E-state index in [1.54, 1.807) is 18.3 Å². The summed E-state index contributed by atoms with van der Waals surface area (Å²) in [6.45, 7) is 1.77. The van der Waals surface area contributed by atoms with Gasteiger partial charge in [0.15, 0.2) is 0 Å². The first-order valence-corrected chi connectivity index (χ1v) is 10.6. The van der Waals surface area contributed by atoms with Gasteiger partial charge in [-0.2, -0.15) is 0 Å². The van der Waals surface area contributed by atoms with E-state index in [1.165, 1.54) is 21.7 Å². The number of rotatable bonds is 6. The molecule has 7 nitrogen and oxygen atoms in total. The van der Waals surface area contributed by atoms with Crippen molar-refractivity contribution >= 4 is 22.6 Å². The van der Waals surface area contributed by atoms with Crippen LogP contribution in [-0.2, 0) is 17.9 Å². The van der Waals surface area contributed by atoms with E-state index in [0.717, 1.165) is 28.7 Å². The van der Waals surface area contributed by atoms with Gasteiger partial charge in [0.25, 0.3) is 0 Å². The highest BCUT2D eigenvalue weighted by Gasteiger charge is 2.20. The van der Waals surface area contributed by atoms with Gasteiger partial charge in [0.2, 0.25) is 5.91 Å². The van der Waals surface area contributed by atoms with E-state index in [2.05, 4.69) is 20.3 Å². The van der Waals surface area contributed by atoms with Gasteiger partial charge in [0.1, 0.15) is 29.5 Å². The van der Waals surface area contributed by atoms with Crippen molar-refractivity contribution in [1.29, 1.82) is 0 Å². The molecule has 9 heteroatoms. The number of amides is 1. The molecule has 0 bridgehead atoms. The molecule has 0 radical (unpaired) electrons. The Morgan fingerprint density at radius 2 is 1.76 bits per heavy atom. The number of nitrogens with zero attached hydrogens (tertiary/aromatic N) is 5. The van der Waals surface area contributed by atoms with Gasteiger partial charge in [0, 0.05) is 11.8 Å². The number of carbonyl (C=O) groups is 1. The number of carbonyl (C=O) groups excluding carboxylic acids is 1. The molecule has 5 rings (SSSR count). The fourth-order valence-corrected chi connectivity index (χ4v) is 3.84. The lowest BCUT2D eigenvalue weighted by molar-refractivity contribution is -0.119. The van der Waals surface area contributed by atoms with Crippen LogP contribution in [0.4, 0.5) is 14.5 Å². The van der Waals surface area contributed by atoms with Crippen molar-refractivity contribution in [2.75, 3.05) is 4.90 Å². The molecule has 0 unspecified atom stereocenters. The molecule has 0 aliphatic carbocycles. The van der Waals surface area contributed by atoms with Gasteiger partial charge in [-0.15, -0.1) is 5.10 Å². The van der Waals surface area contributed by atoms with Crippen molar-refractivity contribution in [3.63, 3.8) is 0 Å². The number of para-hydroxylation sites is 1. The van der Waals surface area contributed by atoms with E-state index in [1.807, 2.05) is 43.3 Å². The first-order valence-electron chi connectivity index (χ1n) is 10.6. The lowest BCUT2D eigenvalue weighted by Gasteiger charge is -2.23. The molecule has 1 amide bonds. The van der Waals surface area contributed by atoms with Crippen LogP contribution in [0.2, 0.25) is 0 Å². The second-order valence-corrected chi connectivity index (χ2v) is 7.92. The molecule has 2 heterocycles. The maximum absolute atomic E-state index is 13.8. The predicted molar refractivity (Wildman–Crippen MR) is 124 cm³/mol. The third-order valence-electron chi connectivity index (χ3n) is 5.46. The van der Waals surface area contributed by atoms with Crippen molar-refractivity contribution in [2.24, 2.45) is 0 Å². The van der Waals surface area contributed by atoms with Gasteiger partial charge >= 0.3 is 0 Å². The van der Waals surface area contributed by atoms with Crippen molar-refractivity contribution < 1.29 is 13.6 Å². The van der Waals surface area contributed by atoms with Crippen molar-refractivity contribution in [2.45, 2.75) is 20.0 Å². The van der Waals surface area contributed by atoms with Crippen molar-refractivity contribution in [1.82, 2.24) is 25.0 Å². The molecule has 0 atom stereocenters. The van der Waals surface area contributed by atoms with Gasteiger partial charge in [-0.25, -0.2) is 18.4 Å². The third kappa shape index (κ3) is 4.40. The number of aromatic amines is 1. The van der Waals surface area contributed by atoms with Crippen LogP contribution >= 0.6 is 0 Å². The second kappa shape index (κ2) is 8.86. The average Bonchev–Trinajstić information content (AvgIpc) is 3.43. The summed E-state index contributed by atoms with van der Waals surface area (Å²) in [4.78, 5) is 22.3. The maximum Gasteiger partial charge on any atom is 0.249 e. The summed E-state index contributed by atoms with van der Waals surface area (Å²) >= 11 is 0. The Morgan fingerprint density at radius 3 is 2.47 bits per heavy atom. The molecule has 1 N–H and O–H groups in total. The van der Waals surface area contributed by atoms with Crippen LogP contribution in [0.1, 0.15) is 11.4 Å². The number of H-pyrrole nitrogens is 1. The lowest BCUT2D eigenvalue weighted by atomic mass is 10.1. The highest BCUT2D eigenvalue weighted by atomic mass is 19.1. The van der Waals surface area contributed by atoms with E-state index in [0.29, 0.717) is 16.8 Å². The van der Waals surface area contributed by atoms with Crippen LogP contribution in [-0.4, -0.2) is 30.9 Å². The Kier molecular flexibility index (Phi) is 5.59. The number of benzene rings is 3. The van der Waals surface area contributed by atoms with Crippen LogP contribution in [0.25, 0.3) is 22.3 Å². The number of hydrogen-bond donors (Lipinski definition) is 1. The number of hydrogen-bond acceptors (Lipinski definition) is 4. The minimum Gasteiger partial charge on any atom is -0.342 e. The maximum atomic E-state index is 13.8. The Balaban J connectivity index is 1.48. The minimum atomic E-state index is -0.699. The fourth-order valence-electron chi connectivity index (χ4n) is 3.84. The minimum absolute atomic E-state index is 0.0113. The van der Waals surface area contributed by atoms with E-state index in [9.17, 15) is 13.6 Å². The highest BCUT2D eigenvalue weighted by molar-refractivity contribution is 5.94. The largest absolute Gasteiger partial charge is 0.342 e. The summed E-state index contributed by atoms with van der Waals surface area (Å²) in [6, 6.07) is 17.9. The standard InChI is InChI=1S/C25H20F2N6O/c1-16-28-13-23(29-16)18-6-8-21(9-7-18)32(14-17-10-19(26)12-20(27)11-17)25(34)15-33-24-5-3-2-4-22(24)30-31-33/h2-13H,14-15H2,1H3,(H,28,29). The quantitative estimate of drug-likeness (QED) is 0.402. The Morgan fingerprint density at radius 1 is 1.03 bits per heavy atom. The molecule has 0 fully saturated rings. The van der Waals surface area contributed by atoms with E-state index >= 15 is 0 Å². The van der Waals surface area contributed by atoms with E-state index in [4.69, 9.17) is 0 Å². The third-order valence-corrected chi connectivity index (χ3v) is 5.46. The topological polar surface area (TPSA) is 79.7 Å². The second-order valence-electron chi connectivity index (χ2n) is 7.92. The summed E-state index contributed by atoms with van der Waals surface area (Å²) in [5.74, 6) is -0.904. The highest BCUT2D eigenvalue weighted by Crippen LogP contribution is 2.24. The van der Waals surface area contributed by atoms with Gasteiger partial charge in [-0.3, -0.25) is 4.79 Å². The molecule has 0 saturated carbocycles. The van der Waals surface area contributed by atoms with E-state index < -0.39 is 11.6 Å². The number of anilines is 1. The van der Waals surface area contributed by atoms with Gasteiger partial charge < -0.3 is 9.88 Å². The van der Waals surface area contributed by atoms with Gasteiger partial charge in [-0.1, -0.05) is 29.5 Å². The zero-order chi connectivity index (χ0) is 23.7. The summed E-state index contributed by atoms with van der Waals surface area (Å²) in [7, 11) is 0.